The lowest BCUT2D eigenvalue weighted by Gasteiger charge is -2.07. The van der Waals surface area contributed by atoms with E-state index in [2.05, 4.69) is 5.32 Å². The van der Waals surface area contributed by atoms with E-state index >= 15 is 0 Å². The van der Waals surface area contributed by atoms with E-state index in [4.69, 9.17) is 16.3 Å². The number of carbonyl (C=O) groups is 1. The average molecular weight is 278 g/mol. The zero-order valence-corrected chi connectivity index (χ0v) is 10.7. The van der Waals surface area contributed by atoms with Crippen LogP contribution in [0.4, 0.5) is 5.69 Å². The molecular weight excluding hydrogens is 266 g/mol. The summed E-state index contributed by atoms with van der Waals surface area (Å²) < 4.78 is 5.29. The van der Waals surface area contributed by atoms with Gasteiger partial charge in [-0.2, -0.15) is 0 Å². The first-order valence-electron chi connectivity index (χ1n) is 5.61. The van der Waals surface area contributed by atoms with Crippen molar-refractivity contribution in [1.82, 2.24) is 0 Å². The Hall–Kier alpha value is -2.20. The minimum atomic E-state index is -0.314. The maximum absolute atomic E-state index is 11.6. The van der Waals surface area contributed by atoms with Crippen molar-refractivity contribution in [2.45, 2.75) is 0 Å². The Labute approximate surface area is 115 Å². The highest BCUT2D eigenvalue weighted by Crippen LogP contribution is 2.18. The van der Waals surface area contributed by atoms with E-state index in [-0.39, 0.29) is 18.3 Å². The van der Waals surface area contributed by atoms with Gasteiger partial charge >= 0.3 is 0 Å². The molecule has 0 aliphatic rings. The number of carbonyl (C=O) groups excluding carboxylic acids is 1. The molecular formula is C14H12ClNO3. The molecule has 0 radical (unpaired) electrons. The molecule has 2 aromatic carbocycles. The van der Waals surface area contributed by atoms with Crippen LogP contribution in [0, 0.1) is 0 Å². The monoisotopic (exact) mass is 277 g/mol. The van der Waals surface area contributed by atoms with Crippen molar-refractivity contribution in [1.29, 1.82) is 0 Å². The number of halogens is 1. The molecule has 0 heterocycles. The molecule has 98 valence electrons. The van der Waals surface area contributed by atoms with Crippen LogP contribution in [-0.2, 0) is 4.79 Å². The fraction of sp³-hybridized carbons (Fsp3) is 0.0714. The number of amides is 1. The van der Waals surface area contributed by atoms with Gasteiger partial charge in [-0.05, 0) is 30.3 Å². The number of rotatable bonds is 4. The third-order valence-electron chi connectivity index (χ3n) is 2.30. The number of phenolic OH excluding ortho intramolecular Hbond substituents is 1. The van der Waals surface area contributed by atoms with Crippen molar-refractivity contribution in [3.63, 3.8) is 0 Å². The highest BCUT2D eigenvalue weighted by molar-refractivity contribution is 6.30. The Kier molecular flexibility index (Phi) is 4.26. The minimum absolute atomic E-state index is 0.0913. The van der Waals surface area contributed by atoms with Crippen molar-refractivity contribution >= 4 is 23.2 Å². The maximum Gasteiger partial charge on any atom is 0.262 e. The summed E-state index contributed by atoms with van der Waals surface area (Å²) in [5.41, 5.74) is 0.514. The Morgan fingerprint density at radius 2 is 2.00 bits per heavy atom. The van der Waals surface area contributed by atoms with E-state index in [9.17, 15) is 9.90 Å². The third-order valence-corrected chi connectivity index (χ3v) is 2.53. The van der Waals surface area contributed by atoms with Gasteiger partial charge in [0.15, 0.2) is 6.61 Å². The van der Waals surface area contributed by atoms with E-state index in [1.807, 2.05) is 0 Å². The minimum Gasteiger partial charge on any atom is -0.508 e. The van der Waals surface area contributed by atoms with Crippen molar-refractivity contribution in [3.05, 3.63) is 53.6 Å². The Balaban J connectivity index is 1.88. The average Bonchev–Trinajstić information content (AvgIpc) is 2.36. The van der Waals surface area contributed by atoms with Gasteiger partial charge < -0.3 is 15.2 Å². The maximum atomic E-state index is 11.6. The van der Waals surface area contributed by atoms with Crippen LogP contribution in [0.25, 0.3) is 0 Å². The molecule has 5 heteroatoms. The molecule has 19 heavy (non-hydrogen) atoms. The number of hydrogen-bond donors (Lipinski definition) is 2. The number of ether oxygens (including phenoxy) is 1. The van der Waals surface area contributed by atoms with Crippen LogP contribution < -0.4 is 10.1 Å². The molecule has 0 aliphatic carbocycles. The number of aromatic hydroxyl groups is 1. The van der Waals surface area contributed by atoms with Crippen LogP contribution in [0.5, 0.6) is 11.5 Å². The summed E-state index contributed by atoms with van der Waals surface area (Å²) in [7, 11) is 0. The lowest BCUT2D eigenvalue weighted by atomic mass is 10.3. The molecule has 2 N–H and O–H groups in total. The van der Waals surface area contributed by atoms with Gasteiger partial charge in [0.2, 0.25) is 0 Å². The predicted octanol–water partition coefficient (Wildman–Crippen LogP) is 3.06. The van der Waals surface area contributed by atoms with Crippen molar-refractivity contribution < 1.29 is 14.6 Å². The molecule has 0 saturated heterocycles. The summed E-state index contributed by atoms with van der Waals surface area (Å²) >= 11 is 5.80. The van der Waals surface area contributed by atoms with E-state index in [0.717, 1.165) is 0 Å². The second-order valence-corrected chi connectivity index (χ2v) is 4.28. The largest absolute Gasteiger partial charge is 0.508 e. The van der Waals surface area contributed by atoms with Crippen LogP contribution in [0.1, 0.15) is 0 Å². The van der Waals surface area contributed by atoms with Crippen LogP contribution in [0.3, 0.4) is 0 Å². The van der Waals surface area contributed by atoms with Gasteiger partial charge in [-0.25, -0.2) is 0 Å². The van der Waals surface area contributed by atoms with Crippen LogP contribution in [0.2, 0.25) is 5.02 Å². The summed E-state index contributed by atoms with van der Waals surface area (Å²) in [5.74, 6) is 0.303. The van der Waals surface area contributed by atoms with Crippen molar-refractivity contribution in [2.24, 2.45) is 0 Å². The first-order chi connectivity index (χ1) is 9.13. The number of nitrogens with one attached hydrogen (secondary N) is 1. The fourth-order valence-corrected chi connectivity index (χ4v) is 1.67. The van der Waals surface area contributed by atoms with Crippen LogP contribution >= 0.6 is 11.6 Å². The van der Waals surface area contributed by atoms with Gasteiger partial charge in [0.05, 0.1) is 0 Å². The van der Waals surface area contributed by atoms with E-state index in [0.29, 0.717) is 16.5 Å². The van der Waals surface area contributed by atoms with Gasteiger partial charge in [0.25, 0.3) is 5.91 Å². The molecule has 4 nitrogen and oxygen atoms in total. The topological polar surface area (TPSA) is 58.6 Å². The van der Waals surface area contributed by atoms with Gasteiger partial charge in [-0.1, -0.05) is 23.7 Å². The third kappa shape index (κ3) is 4.19. The summed E-state index contributed by atoms with van der Waals surface area (Å²) in [5, 5.41) is 12.4. The van der Waals surface area contributed by atoms with Gasteiger partial charge in [-0.3, -0.25) is 4.79 Å². The zero-order chi connectivity index (χ0) is 13.7. The van der Waals surface area contributed by atoms with Crippen LogP contribution in [0.15, 0.2) is 48.5 Å². The SMILES string of the molecule is O=C(COc1cccc(Cl)c1)Nc1cccc(O)c1. The predicted molar refractivity (Wildman–Crippen MR) is 73.7 cm³/mol. The summed E-state index contributed by atoms with van der Waals surface area (Å²) in [4.78, 5) is 11.6. The summed E-state index contributed by atoms with van der Waals surface area (Å²) in [6.07, 6.45) is 0. The second-order valence-electron chi connectivity index (χ2n) is 3.84. The fourth-order valence-electron chi connectivity index (χ4n) is 1.49. The second kappa shape index (κ2) is 6.11. The molecule has 0 fully saturated rings. The number of phenols is 1. The van der Waals surface area contributed by atoms with Gasteiger partial charge in [0.1, 0.15) is 11.5 Å². The molecule has 0 spiro atoms. The van der Waals surface area contributed by atoms with Crippen molar-refractivity contribution in [3.8, 4) is 11.5 Å². The first-order valence-corrected chi connectivity index (χ1v) is 5.98. The Morgan fingerprint density at radius 3 is 2.74 bits per heavy atom. The van der Waals surface area contributed by atoms with Gasteiger partial charge in [0, 0.05) is 16.8 Å². The first kappa shape index (κ1) is 13.2. The molecule has 0 atom stereocenters. The normalized spacial score (nSPS) is 9.95. The zero-order valence-electron chi connectivity index (χ0n) is 9.97. The van der Waals surface area contributed by atoms with E-state index < -0.39 is 0 Å². The van der Waals surface area contributed by atoms with Crippen LogP contribution in [-0.4, -0.2) is 17.6 Å². The van der Waals surface area contributed by atoms with E-state index in [1.54, 1.807) is 36.4 Å². The molecule has 0 unspecified atom stereocenters. The number of anilines is 1. The molecule has 1 amide bonds. The smallest absolute Gasteiger partial charge is 0.262 e. The molecule has 2 aromatic rings. The molecule has 2 rings (SSSR count). The lowest BCUT2D eigenvalue weighted by molar-refractivity contribution is -0.118. The lowest BCUT2D eigenvalue weighted by Crippen LogP contribution is -2.20. The Morgan fingerprint density at radius 1 is 1.21 bits per heavy atom. The molecule has 0 bridgehead atoms. The quantitative estimate of drug-likeness (QED) is 0.903. The number of hydrogen-bond acceptors (Lipinski definition) is 3. The number of benzene rings is 2. The molecule has 0 aliphatic heterocycles. The highest BCUT2D eigenvalue weighted by Gasteiger charge is 2.04. The standard InChI is InChI=1S/C14H12ClNO3/c15-10-3-1-6-13(7-10)19-9-14(18)16-11-4-2-5-12(17)8-11/h1-8,17H,9H2,(H,16,18). The van der Waals surface area contributed by atoms with Gasteiger partial charge in [-0.15, -0.1) is 0 Å². The van der Waals surface area contributed by atoms with Crippen molar-refractivity contribution in [2.75, 3.05) is 11.9 Å². The Bertz CT molecular complexity index is 586. The van der Waals surface area contributed by atoms with E-state index in [1.165, 1.54) is 12.1 Å². The highest BCUT2D eigenvalue weighted by atomic mass is 35.5. The molecule has 0 saturated carbocycles. The summed E-state index contributed by atoms with van der Waals surface area (Å²) in [6, 6.07) is 13.1. The molecule has 0 aromatic heterocycles. The summed E-state index contributed by atoms with van der Waals surface area (Å²) in [6.45, 7) is -0.129.